The summed E-state index contributed by atoms with van der Waals surface area (Å²) in [7, 11) is 0. The number of hydrogen-bond acceptors (Lipinski definition) is 3. The number of nitrogens with one attached hydrogen (secondary N) is 2. The summed E-state index contributed by atoms with van der Waals surface area (Å²) in [6.07, 6.45) is 3.38. The average molecular weight is 314 g/mol. The number of furan rings is 1. The third-order valence-corrected chi connectivity index (χ3v) is 3.65. The SMILES string of the molecule is CCc1cccc(CC)c1NC(=O)CCNC(=O)c1ccco1. The van der Waals surface area contributed by atoms with E-state index in [9.17, 15) is 9.59 Å². The summed E-state index contributed by atoms with van der Waals surface area (Å²) in [5.41, 5.74) is 3.15. The minimum atomic E-state index is -0.314. The van der Waals surface area contributed by atoms with E-state index in [1.165, 1.54) is 6.26 Å². The molecule has 0 aliphatic carbocycles. The van der Waals surface area contributed by atoms with Gasteiger partial charge in [-0.15, -0.1) is 0 Å². The smallest absolute Gasteiger partial charge is 0.286 e. The zero-order valence-corrected chi connectivity index (χ0v) is 13.5. The summed E-state index contributed by atoms with van der Waals surface area (Å²) in [4.78, 5) is 23.8. The van der Waals surface area contributed by atoms with E-state index >= 15 is 0 Å². The van der Waals surface area contributed by atoms with Crippen LogP contribution in [0.5, 0.6) is 0 Å². The normalized spacial score (nSPS) is 10.3. The molecule has 0 spiro atoms. The van der Waals surface area contributed by atoms with Crippen LogP contribution in [0, 0.1) is 0 Å². The van der Waals surface area contributed by atoms with Crippen molar-refractivity contribution in [3.63, 3.8) is 0 Å². The van der Waals surface area contributed by atoms with Gasteiger partial charge in [0.05, 0.1) is 6.26 Å². The number of anilines is 1. The molecule has 0 saturated carbocycles. The Bertz CT molecular complexity index is 641. The molecular formula is C18H22N2O3. The summed E-state index contributed by atoms with van der Waals surface area (Å²) in [5, 5.41) is 5.64. The fourth-order valence-corrected chi connectivity index (χ4v) is 2.39. The van der Waals surface area contributed by atoms with E-state index in [-0.39, 0.29) is 30.5 Å². The number of amides is 2. The third kappa shape index (κ3) is 4.45. The zero-order chi connectivity index (χ0) is 16.7. The largest absolute Gasteiger partial charge is 0.459 e. The fraction of sp³-hybridized carbons (Fsp3) is 0.333. The molecular weight excluding hydrogens is 292 g/mol. The Morgan fingerprint density at radius 2 is 1.74 bits per heavy atom. The van der Waals surface area contributed by atoms with E-state index in [0.29, 0.717) is 0 Å². The van der Waals surface area contributed by atoms with Gasteiger partial charge in [0.2, 0.25) is 5.91 Å². The van der Waals surface area contributed by atoms with Crippen LogP contribution in [0.3, 0.4) is 0 Å². The molecule has 0 fully saturated rings. The first-order valence-electron chi connectivity index (χ1n) is 7.88. The van der Waals surface area contributed by atoms with E-state index in [4.69, 9.17) is 4.42 Å². The van der Waals surface area contributed by atoms with Gasteiger partial charge in [-0.1, -0.05) is 32.0 Å². The number of para-hydroxylation sites is 1. The Labute approximate surface area is 136 Å². The molecule has 0 aliphatic rings. The van der Waals surface area contributed by atoms with Gasteiger partial charge in [-0.25, -0.2) is 0 Å². The van der Waals surface area contributed by atoms with Crippen molar-refractivity contribution in [1.82, 2.24) is 5.32 Å². The van der Waals surface area contributed by atoms with Crippen LogP contribution < -0.4 is 10.6 Å². The highest BCUT2D eigenvalue weighted by Gasteiger charge is 2.11. The van der Waals surface area contributed by atoms with Crippen molar-refractivity contribution in [1.29, 1.82) is 0 Å². The van der Waals surface area contributed by atoms with Crippen LogP contribution in [-0.4, -0.2) is 18.4 Å². The lowest BCUT2D eigenvalue weighted by molar-refractivity contribution is -0.116. The number of benzene rings is 1. The first-order valence-corrected chi connectivity index (χ1v) is 7.88. The van der Waals surface area contributed by atoms with Crippen LogP contribution in [-0.2, 0) is 17.6 Å². The van der Waals surface area contributed by atoms with Crippen LogP contribution >= 0.6 is 0 Å². The van der Waals surface area contributed by atoms with Crippen molar-refractivity contribution in [2.24, 2.45) is 0 Å². The van der Waals surface area contributed by atoms with Gasteiger partial charge in [0, 0.05) is 18.7 Å². The van der Waals surface area contributed by atoms with Gasteiger partial charge in [-0.2, -0.15) is 0 Å². The predicted octanol–water partition coefficient (Wildman–Crippen LogP) is 3.16. The van der Waals surface area contributed by atoms with Gasteiger partial charge in [0.1, 0.15) is 0 Å². The molecule has 0 saturated heterocycles. The monoisotopic (exact) mass is 314 g/mol. The predicted molar refractivity (Wildman–Crippen MR) is 89.5 cm³/mol. The lowest BCUT2D eigenvalue weighted by Crippen LogP contribution is -2.27. The first kappa shape index (κ1) is 16.8. The molecule has 2 N–H and O–H groups in total. The lowest BCUT2D eigenvalue weighted by Gasteiger charge is -2.14. The molecule has 0 unspecified atom stereocenters. The molecule has 0 aliphatic heterocycles. The Kier molecular flexibility index (Phi) is 5.97. The summed E-state index contributed by atoms with van der Waals surface area (Å²) < 4.78 is 5.00. The molecule has 1 aromatic heterocycles. The summed E-state index contributed by atoms with van der Waals surface area (Å²) in [6, 6.07) is 9.29. The summed E-state index contributed by atoms with van der Waals surface area (Å²) in [5.74, 6) is -0.179. The molecule has 5 heteroatoms. The van der Waals surface area contributed by atoms with Crippen LogP contribution in [0.4, 0.5) is 5.69 Å². The maximum atomic E-state index is 12.1. The molecule has 23 heavy (non-hydrogen) atoms. The average Bonchev–Trinajstić information content (AvgIpc) is 3.09. The van der Waals surface area contributed by atoms with E-state index in [1.807, 2.05) is 18.2 Å². The van der Waals surface area contributed by atoms with Crippen molar-refractivity contribution in [2.45, 2.75) is 33.1 Å². The van der Waals surface area contributed by atoms with Gasteiger partial charge < -0.3 is 15.1 Å². The Morgan fingerprint density at radius 3 is 2.30 bits per heavy atom. The highest BCUT2D eigenvalue weighted by Crippen LogP contribution is 2.22. The fourth-order valence-electron chi connectivity index (χ4n) is 2.39. The van der Waals surface area contributed by atoms with E-state index < -0.39 is 0 Å². The zero-order valence-electron chi connectivity index (χ0n) is 13.5. The van der Waals surface area contributed by atoms with Gasteiger partial charge >= 0.3 is 0 Å². The maximum absolute atomic E-state index is 12.1. The van der Waals surface area contributed by atoms with E-state index in [0.717, 1.165) is 29.7 Å². The second-order valence-corrected chi connectivity index (χ2v) is 5.19. The van der Waals surface area contributed by atoms with Crippen molar-refractivity contribution in [3.8, 4) is 0 Å². The van der Waals surface area contributed by atoms with Gasteiger partial charge in [0.25, 0.3) is 5.91 Å². The standard InChI is InChI=1S/C18H22N2O3/c1-3-13-7-5-8-14(4-2)17(13)20-16(21)10-11-19-18(22)15-9-6-12-23-15/h5-9,12H,3-4,10-11H2,1-2H3,(H,19,22)(H,20,21). The molecule has 1 aromatic carbocycles. The van der Waals surface area contributed by atoms with Crippen molar-refractivity contribution in [2.75, 3.05) is 11.9 Å². The first-order chi connectivity index (χ1) is 11.2. The minimum absolute atomic E-state index is 0.111. The van der Waals surface area contributed by atoms with Crippen molar-refractivity contribution in [3.05, 3.63) is 53.5 Å². The maximum Gasteiger partial charge on any atom is 0.286 e. The Hall–Kier alpha value is -2.56. The molecule has 5 nitrogen and oxygen atoms in total. The molecule has 1 heterocycles. The number of carbonyl (C=O) groups excluding carboxylic acids is 2. The second kappa shape index (κ2) is 8.17. The number of rotatable bonds is 7. The lowest BCUT2D eigenvalue weighted by atomic mass is 10.0. The van der Waals surface area contributed by atoms with Crippen LogP contribution in [0.2, 0.25) is 0 Å². The second-order valence-electron chi connectivity index (χ2n) is 5.19. The summed E-state index contributed by atoms with van der Waals surface area (Å²) in [6.45, 7) is 4.39. The number of hydrogen-bond donors (Lipinski definition) is 2. The topological polar surface area (TPSA) is 71.3 Å². The molecule has 122 valence electrons. The number of aryl methyl sites for hydroxylation is 2. The molecule has 2 amide bonds. The Balaban J connectivity index is 1.89. The van der Waals surface area contributed by atoms with Crippen molar-refractivity contribution >= 4 is 17.5 Å². The molecule has 2 aromatic rings. The van der Waals surface area contributed by atoms with Crippen LogP contribution in [0.25, 0.3) is 0 Å². The highest BCUT2D eigenvalue weighted by atomic mass is 16.3. The van der Waals surface area contributed by atoms with Gasteiger partial charge in [0.15, 0.2) is 5.76 Å². The van der Waals surface area contributed by atoms with E-state index in [1.54, 1.807) is 12.1 Å². The van der Waals surface area contributed by atoms with Crippen LogP contribution in [0.15, 0.2) is 41.0 Å². The number of carbonyl (C=O) groups is 2. The highest BCUT2D eigenvalue weighted by molar-refractivity contribution is 5.94. The molecule has 0 bridgehead atoms. The minimum Gasteiger partial charge on any atom is -0.459 e. The third-order valence-electron chi connectivity index (χ3n) is 3.65. The molecule has 2 rings (SSSR count). The van der Waals surface area contributed by atoms with Gasteiger partial charge in [-0.3, -0.25) is 9.59 Å². The van der Waals surface area contributed by atoms with Crippen molar-refractivity contribution < 1.29 is 14.0 Å². The molecule has 0 atom stereocenters. The summed E-state index contributed by atoms with van der Waals surface area (Å²) >= 11 is 0. The Morgan fingerprint density at radius 1 is 1.04 bits per heavy atom. The molecule has 0 radical (unpaired) electrons. The van der Waals surface area contributed by atoms with Crippen LogP contribution in [0.1, 0.15) is 41.9 Å². The van der Waals surface area contributed by atoms with Gasteiger partial charge in [-0.05, 0) is 36.1 Å². The van der Waals surface area contributed by atoms with E-state index in [2.05, 4.69) is 24.5 Å². The quantitative estimate of drug-likeness (QED) is 0.824.